The molecule has 0 aromatic heterocycles. The van der Waals surface area contributed by atoms with Crippen LogP contribution in [-0.4, -0.2) is 18.3 Å². The predicted molar refractivity (Wildman–Crippen MR) is 196 cm³/mol. The second-order valence-electron chi connectivity index (χ2n) is 13.7. The van der Waals surface area contributed by atoms with Crippen LogP contribution in [0.15, 0.2) is 24.3 Å². The summed E-state index contributed by atoms with van der Waals surface area (Å²) in [7, 11) is 0. The van der Waals surface area contributed by atoms with Gasteiger partial charge in [-0.1, -0.05) is 173 Å². The van der Waals surface area contributed by atoms with Crippen molar-refractivity contribution in [3.05, 3.63) is 24.3 Å². The molecule has 0 spiro atoms. The van der Waals surface area contributed by atoms with Crippen molar-refractivity contribution in [3.8, 4) is 0 Å². The molecule has 2 unspecified atom stereocenters. The van der Waals surface area contributed by atoms with Gasteiger partial charge >= 0.3 is 0 Å². The minimum atomic E-state index is 0.320. The van der Waals surface area contributed by atoms with E-state index in [0.717, 1.165) is 13.0 Å². The summed E-state index contributed by atoms with van der Waals surface area (Å²) < 4.78 is 0. The lowest BCUT2D eigenvalue weighted by Gasteiger charge is -2.26. The molecule has 0 aromatic rings. The van der Waals surface area contributed by atoms with Gasteiger partial charge in [0, 0.05) is 6.61 Å². The number of nitrogens with two attached hydrogens (primary N) is 1. The van der Waals surface area contributed by atoms with E-state index >= 15 is 0 Å². The minimum absolute atomic E-state index is 0.320. The lowest BCUT2D eigenvalue weighted by molar-refractivity contribution is 0.200. The molecular weight excluding hydrogens is 522 g/mol. The van der Waals surface area contributed by atoms with Crippen LogP contribution in [0.2, 0.25) is 0 Å². The first-order chi connectivity index (χ1) is 21.3. The Labute approximate surface area is 272 Å². The van der Waals surface area contributed by atoms with Gasteiger partial charge in [-0.2, -0.15) is 0 Å². The number of rotatable bonds is 36. The van der Waals surface area contributed by atoms with Crippen LogP contribution in [-0.2, 0) is 0 Å². The monoisotopic (exact) mass is 604 g/mol. The van der Waals surface area contributed by atoms with Gasteiger partial charge < -0.3 is 10.8 Å². The largest absolute Gasteiger partial charge is 0.396 e. The molecular formula is C41H81NO. The van der Waals surface area contributed by atoms with Crippen molar-refractivity contribution in [3.63, 3.8) is 0 Å². The molecule has 0 fully saturated rings. The fourth-order valence-electron chi connectivity index (χ4n) is 6.64. The maximum atomic E-state index is 9.68. The topological polar surface area (TPSA) is 46.2 Å². The zero-order valence-corrected chi connectivity index (χ0v) is 29.8. The van der Waals surface area contributed by atoms with E-state index in [1.165, 1.54) is 193 Å². The van der Waals surface area contributed by atoms with E-state index in [9.17, 15) is 5.11 Å². The molecule has 0 aliphatic heterocycles. The first-order valence-corrected chi connectivity index (χ1v) is 19.9. The van der Waals surface area contributed by atoms with Crippen molar-refractivity contribution in [2.45, 2.75) is 213 Å². The number of unbranched alkanes of at least 4 members (excludes halogenated alkanes) is 24. The van der Waals surface area contributed by atoms with Crippen LogP contribution >= 0.6 is 0 Å². The van der Waals surface area contributed by atoms with Crippen LogP contribution in [0.1, 0.15) is 213 Å². The summed E-state index contributed by atoms with van der Waals surface area (Å²) in [6, 6.07) is 0. The van der Waals surface area contributed by atoms with E-state index in [1.54, 1.807) is 0 Å². The molecule has 0 amide bonds. The molecule has 2 heteroatoms. The lowest BCUT2D eigenvalue weighted by atomic mass is 9.82. The second kappa shape index (κ2) is 37.6. The molecule has 2 nitrogen and oxygen atoms in total. The summed E-state index contributed by atoms with van der Waals surface area (Å²) in [5.41, 5.74) is 6.24. The SMILES string of the molecule is CCCCCCCC/C=C\CCCCCCCCC(CN)C(CCO)CCCCCCCC/C=C\CCCCCCCC. The van der Waals surface area contributed by atoms with Crippen LogP contribution in [0.4, 0.5) is 0 Å². The molecule has 0 heterocycles. The third kappa shape index (κ3) is 32.6. The number of hydrogen-bond acceptors (Lipinski definition) is 2. The van der Waals surface area contributed by atoms with Gasteiger partial charge in [0.15, 0.2) is 0 Å². The van der Waals surface area contributed by atoms with Crippen molar-refractivity contribution in [1.29, 1.82) is 0 Å². The highest BCUT2D eigenvalue weighted by Gasteiger charge is 2.19. The Morgan fingerprint density at radius 1 is 0.395 bits per heavy atom. The van der Waals surface area contributed by atoms with Crippen molar-refractivity contribution >= 4 is 0 Å². The Balaban J connectivity index is 3.69. The smallest absolute Gasteiger partial charge is 0.0433 e. The maximum Gasteiger partial charge on any atom is 0.0433 e. The highest BCUT2D eigenvalue weighted by atomic mass is 16.3. The van der Waals surface area contributed by atoms with Gasteiger partial charge in [-0.25, -0.2) is 0 Å². The van der Waals surface area contributed by atoms with E-state index in [1.807, 2.05) is 0 Å². The molecule has 256 valence electrons. The number of aliphatic hydroxyl groups is 1. The Kier molecular flexibility index (Phi) is 37.1. The van der Waals surface area contributed by atoms with Crippen LogP contribution in [0, 0.1) is 11.8 Å². The quantitative estimate of drug-likeness (QED) is 0.0552. The van der Waals surface area contributed by atoms with Crippen molar-refractivity contribution in [2.24, 2.45) is 17.6 Å². The normalized spacial score (nSPS) is 13.5. The first-order valence-electron chi connectivity index (χ1n) is 19.9. The van der Waals surface area contributed by atoms with Crippen LogP contribution in [0.25, 0.3) is 0 Å². The van der Waals surface area contributed by atoms with Crippen molar-refractivity contribution < 1.29 is 5.11 Å². The molecule has 0 saturated carbocycles. The first kappa shape index (κ1) is 42.4. The summed E-state index contributed by atoms with van der Waals surface area (Å²) in [5, 5.41) is 9.68. The maximum absolute atomic E-state index is 9.68. The number of allylic oxidation sites excluding steroid dienone is 4. The summed E-state index contributed by atoms with van der Waals surface area (Å²) >= 11 is 0. The molecule has 43 heavy (non-hydrogen) atoms. The molecule has 2 atom stereocenters. The molecule has 0 saturated heterocycles. The average Bonchev–Trinajstić information content (AvgIpc) is 3.02. The minimum Gasteiger partial charge on any atom is -0.396 e. The van der Waals surface area contributed by atoms with Gasteiger partial charge in [0.2, 0.25) is 0 Å². The zero-order valence-electron chi connectivity index (χ0n) is 29.8. The van der Waals surface area contributed by atoms with Gasteiger partial charge in [-0.3, -0.25) is 0 Å². The highest BCUT2D eigenvalue weighted by Crippen LogP contribution is 2.27. The summed E-state index contributed by atoms with van der Waals surface area (Å²) in [6.07, 6.45) is 51.3. The Morgan fingerprint density at radius 2 is 0.698 bits per heavy atom. The predicted octanol–water partition coefficient (Wildman–Crippen LogP) is 13.4. The average molecular weight is 604 g/mol. The highest BCUT2D eigenvalue weighted by molar-refractivity contribution is 4.82. The molecule has 0 rings (SSSR count). The summed E-state index contributed by atoms with van der Waals surface area (Å²) in [4.78, 5) is 0. The molecule has 3 N–H and O–H groups in total. The molecule has 0 bridgehead atoms. The van der Waals surface area contributed by atoms with Gasteiger partial charge in [0.05, 0.1) is 0 Å². The third-order valence-corrected chi connectivity index (χ3v) is 9.64. The molecule has 0 aliphatic rings. The van der Waals surface area contributed by atoms with E-state index in [4.69, 9.17) is 5.73 Å². The molecule has 0 aromatic carbocycles. The van der Waals surface area contributed by atoms with Crippen molar-refractivity contribution in [2.75, 3.05) is 13.2 Å². The van der Waals surface area contributed by atoms with Crippen molar-refractivity contribution in [1.82, 2.24) is 0 Å². The van der Waals surface area contributed by atoms with E-state index in [2.05, 4.69) is 38.2 Å². The van der Waals surface area contributed by atoms with Gasteiger partial charge in [-0.05, 0) is 82.6 Å². The van der Waals surface area contributed by atoms with Crippen LogP contribution < -0.4 is 5.73 Å². The van der Waals surface area contributed by atoms with E-state index in [0.29, 0.717) is 18.4 Å². The third-order valence-electron chi connectivity index (χ3n) is 9.64. The van der Waals surface area contributed by atoms with Gasteiger partial charge in [-0.15, -0.1) is 0 Å². The lowest BCUT2D eigenvalue weighted by Crippen LogP contribution is -2.24. The van der Waals surface area contributed by atoms with Gasteiger partial charge in [0.25, 0.3) is 0 Å². The fourth-order valence-corrected chi connectivity index (χ4v) is 6.64. The van der Waals surface area contributed by atoms with Gasteiger partial charge in [0.1, 0.15) is 0 Å². The Bertz CT molecular complexity index is 556. The molecule has 0 radical (unpaired) electrons. The Hall–Kier alpha value is -0.600. The van der Waals surface area contributed by atoms with Crippen LogP contribution in [0.5, 0.6) is 0 Å². The fraction of sp³-hybridized carbons (Fsp3) is 0.902. The van der Waals surface area contributed by atoms with Crippen LogP contribution in [0.3, 0.4) is 0 Å². The van der Waals surface area contributed by atoms with E-state index < -0.39 is 0 Å². The number of hydrogen-bond donors (Lipinski definition) is 2. The second-order valence-corrected chi connectivity index (χ2v) is 13.7. The Morgan fingerprint density at radius 3 is 1.02 bits per heavy atom. The number of aliphatic hydroxyl groups excluding tert-OH is 1. The standard InChI is InChI=1S/C41H81NO/c1-3-5-7-9-11-13-15-17-19-21-23-25-27-29-31-33-35-40(37-38-43)41(39-42)36-34-32-30-28-26-24-22-20-18-16-14-12-10-8-6-4-2/h17-20,40-41,43H,3-16,21-39,42H2,1-2H3/b19-17-,20-18-. The van der Waals surface area contributed by atoms with E-state index in [-0.39, 0.29) is 0 Å². The summed E-state index contributed by atoms with van der Waals surface area (Å²) in [6.45, 7) is 5.69. The molecule has 0 aliphatic carbocycles. The summed E-state index contributed by atoms with van der Waals surface area (Å²) in [5.74, 6) is 1.22. The zero-order chi connectivity index (χ0) is 31.3.